The average Bonchev–Trinajstić information content (AvgIpc) is 2.79. The third-order valence-corrected chi connectivity index (χ3v) is 3.99. The molecule has 3 rings (SSSR count). The van der Waals surface area contributed by atoms with Gasteiger partial charge in [0.25, 0.3) is 0 Å². The Morgan fingerprint density at radius 1 is 1.17 bits per heavy atom. The van der Waals surface area contributed by atoms with E-state index in [0.29, 0.717) is 0 Å². The van der Waals surface area contributed by atoms with Gasteiger partial charge < -0.3 is 10.2 Å². The summed E-state index contributed by atoms with van der Waals surface area (Å²) < 4.78 is 5.31. The fourth-order valence-corrected chi connectivity index (χ4v) is 2.80. The maximum atomic E-state index is 5.96. The molecule has 3 aromatic rings. The molecule has 2 heterocycles. The van der Waals surface area contributed by atoms with Crippen molar-refractivity contribution >= 4 is 28.4 Å². The van der Waals surface area contributed by atoms with Crippen molar-refractivity contribution in [3.8, 4) is 0 Å². The standard InChI is InChI=1S/C14H12N2OS/c1-9-12(6-8-17-9)18-13-5-4-11(15)10-3-2-7-16-14(10)13/h2-8H,15H2,1H3. The second kappa shape index (κ2) is 4.38. The summed E-state index contributed by atoms with van der Waals surface area (Å²) in [7, 11) is 0. The Labute approximate surface area is 109 Å². The van der Waals surface area contributed by atoms with Crippen LogP contribution < -0.4 is 5.73 Å². The number of nitrogen functional groups attached to an aromatic ring is 1. The minimum absolute atomic E-state index is 0.756. The van der Waals surface area contributed by atoms with Gasteiger partial charge >= 0.3 is 0 Å². The molecule has 18 heavy (non-hydrogen) atoms. The topological polar surface area (TPSA) is 52.0 Å². The molecule has 4 heteroatoms. The highest BCUT2D eigenvalue weighted by Gasteiger charge is 2.09. The molecular formula is C14H12N2OS. The molecule has 2 N–H and O–H groups in total. The molecule has 0 unspecified atom stereocenters. The van der Waals surface area contributed by atoms with Crippen LogP contribution in [0.4, 0.5) is 5.69 Å². The largest absolute Gasteiger partial charge is 0.468 e. The maximum Gasteiger partial charge on any atom is 0.114 e. The summed E-state index contributed by atoms with van der Waals surface area (Å²) in [6, 6.07) is 9.77. The van der Waals surface area contributed by atoms with Crippen molar-refractivity contribution in [1.29, 1.82) is 0 Å². The number of hydrogen-bond donors (Lipinski definition) is 1. The van der Waals surface area contributed by atoms with E-state index in [0.717, 1.165) is 32.1 Å². The van der Waals surface area contributed by atoms with E-state index in [9.17, 15) is 0 Å². The fourth-order valence-electron chi connectivity index (χ4n) is 1.85. The summed E-state index contributed by atoms with van der Waals surface area (Å²) in [6.45, 7) is 1.95. The van der Waals surface area contributed by atoms with E-state index < -0.39 is 0 Å². The molecule has 0 amide bonds. The smallest absolute Gasteiger partial charge is 0.114 e. The van der Waals surface area contributed by atoms with Gasteiger partial charge in [0.1, 0.15) is 5.76 Å². The minimum atomic E-state index is 0.756. The van der Waals surface area contributed by atoms with Crippen LogP contribution in [0.5, 0.6) is 0 Å². The molecule has 3 nitrogen and oxygen atoms in total. The molecule has 0 spiro atoms. The molecule has 0 saturated heterocycles. The normalized spacial score (nSPS) is 10.9. The summed E-state index contributed by atoms with van der Waals surface area (Å²) in [5.41, 5.74) is 7.65. The van der Waals surface area contributed by atoms with Gasteiger partial charge in [-0.3, -0.25) is 4.98 Å². The molecule has 0 aliphatic rings. The van der Waals surface area contributed by atoms with Crippen molar-refractivity contribution < 1.29 is 4.42 Å². The second-order valence-electron chi connectivity index (χ2n) is 4.00. The quantitative estimate of drug-likeness (QED) is 0.707. The number of aromatic nitrogens is 1. The van der Waals surface area contributed by atoms with E-state index in [4.69, 9.17) is 10.2 Å². The maximum absolute atomic E-state index is 5.96. The Morgan fingerprint density at radius 3 is 2.83 bits per heavy atom. The SMILES string of the molecule is Cc1occc1Sc1ccc(N)c2cccnc12. The van der Waals surface area contributed by atoms with E-state index >= 15 is 0 Å². The van der Waals surface area contributed by atoms with Crippen molar-refractivity contribution in [2.45, 2.75) is 16.7 Å². The Hall–Kier alpha value is -1.94. The van der Waals surface area contributed by atoms with E-state index in [1.807, 2.05) is 37.3 Å². The molecule has 1 aromatic carbocycles. The van der Waals surface area contributed by atoms with Gasteiger partial charge in [-0.2, -0.15) is 0 Å². The molecule has 0 bridgehead atoms. The number of fused-ring (bicyclic) bond motifs is 1. The zero-order chi connectivity index (χ0) is 12.5. The minimum Gasteiger partial charge on any atom is -0.468 e. The van der Waals surface area contributed by atoms with Gasteiger partial charge in [0.2, 0.25) is 0 Å². The first-order valence-electron chi connectivity index (χ1n) is 5.61. The molecule has 0 saturated carbocycles. The number of aryl methyl sites for hydroxylation is 1. The molecule has 0 aliphatic heterocycles. The number of nitrogens with zero attached hydrogens (tertiary/aromatic N) is 1. The Kier molecular flexibility index (Phi) is 2.72. The number of furan rings is 1. The van der Waals surface area contributed by atoms with Crippen LogP contribution >= 0.6 is 11.8 Å². The van der Waals surface area contributed by atoms with Crippen LogP contribution in [-0.4, -0.2) is 4.98 Å². The van der Waals surface area contributed by atoms with Gasteiger partial charge in [0, 0.05) is 22.2 Å². The van der Waals surface area contributed by atoms with Crippen LogP contribution in [-0.2, 0) is 0 Å². The highest BCUT2D eigenvalue weighted by atomic mass is 32.2. The molecule has 0 aliphatic carbocycles. The van der Waals surface area contributed by atoms with Crippen molar-refractivity contribution in [2.24, 2.45) is 0 Å². The number of pyridine rings is 1. The van der Waals surface area contributed by atoms with Gasteiger partial charge in [0.15, 0.2) is 0 Å². The van der Waals surface area contributed by atoms with Gasteiger partial charge in [-0.15, -0.1) is 0 Å². The summed E-state index contributed by atoms with van der Waals surface area (Å²) in [6.07, 6.45) is 3.48. The molecule has 0 radical (unpaired) electrons. The lowest BCUT2D eigenvalue weighted by atomic mass is 10.2. The molecular weight excluding hydrogens is 244 g/mol. The first-order chi connectivity index (χ1) is 8.75. The molecule has 0 fully saturated rings. The van der Waals surface area contributed by atoms with E-state index in [2.05, 4.69) is 4.98 Å². The summed E-state index contributed by atoms with van der Waals surface area (Å²) in [4.78, 5) is 6.61. The predicted octanol–water partition coefficient (Wildman–Crippen LogP) is 3.87. The number of anilines is 1. The number of benzene rings is 1. The van der Waals surface area contributed by atoms with E-state index in [-0.39, 0.29) is 0 Å². The zero-order valence-corrected chi connectivity index (χ0v) is 10.7. The Morgan fingerprint density at radius 2 is 2.06 bits per heavy atom. The van der Waals surface area contributed by atoms with Crippen molar-refractivity contribution in [2.75, 3.05) is 5.73 Å². The van der Waals surface area contributed by atoms with E-state index in [1.165, 1.54) is 0 Å². The van der Waals surface area contributed by atoms with Gasteiger partial charge in [-0.05, 0) is 37.3 Å². The molecule has 2 aromatic heterocycles. The zero-order valence-electron chi connectivity index (χ0n) is 9.88. The van der Waals surface area contributed by atoms with Crippen LogP contribution in [0.25, 0.3) is 10.9 Å². The monoisotopic (exact) mass is 256 g/mol. The van der Waals surface area contributed by atoms with Crippen LogP contribution in [0.2, 0.25) is 0 Å². The summed E-state index contributed by atoms with van der Waals surface area (Å²) in [5, 5.41) is 0.989. The molecule has 90 valence electrons. The Bertz CT molecular complexity index is 706. The average molecular weight is 256 g/mol. The van der Waals surface area contributed by atoms with Gasteiger partial charge in [-0.25, -0.2) is 0 Å². The summed E-state index contributed by atoms with van der Waals surface area (Å²) >= 11 is 1.65. The van der Waals surface area contributed by atoms with Crippen molar-refractivity contribution in [3.63, 3.8) is 0 Å². The van der Waals surface area contributed by atoms with Crippen LogP contribution in [0.15, 0.2) is 57.0 Å². The predicted molar refractivity (Wildman–Crippen MR) is 73.7 cm³/mol. The lowest BCUT2D eigenvalue weighted by Gasteiger charge is -2.06. The van der Waals surface area contributed by atoms with E-state index in [1.54, 1.807) is 24.2 Å². The lowest BCUT2D eigenvalue weighted by Crippen LogP contribution is -1.90. The molecule has 0 atom stereocenters. The number of nitrogens with two attached hydrogens (primary N) is 1. The Balaban J connectivity index is 2.13. The fraction of sp³-hybridized carbons (Fsp3) is 0.0714. The third kappa shape index (κ3) is 1.84. The number of rotatable bonds is 2. The van der Waals surface area contributed by atoms with Crippen molar-refractivity contribution in [3.05, 3.63) is 48.6 Å². The first-order valence-corrected chi connectivity index (χ1v) is 6.42. The van der Waals surface area contributed by atoms with Gasteiger partial charge in [0.05, 0.1) is 16.7 Å². The van der Waals surface area contributed by atoms with Crippen LogP contribution in [0.1, 0.15) is 5.76 Å². The van der Waals surface area contributed by atoms with Gasteiger partial charge in [-0.1, -0.05) is 11.8 Å². The number of hydrogen-bond acceptors (Lipinski definition) is 4. The summed E-state index contributed by atoms with van der Waals surface area (Å²) in [5.74, 6) is 0.918. The second-order valence-corrected chi connectivity index (χ2v) is 5.08. The first kappa shape index (κ1) is 11.2. The van der Waals surface area contributed by atoms with Crippen LogP contribution in [0, 0.1) is 6.92 Å². The highest BCUT2D eigenvalue weighted by Crippen LogP contribution is 2.36. The highest BCUT2D eigenvalue weighted by molar-refractivity contribution is 7.99. The van der Waals surface area contributed by atoms with Crippen molar-refractivity contribution in [1.82, 2.24) is 4.98 Å². The third-order valence-electron chi connectivity index (χ3n) is 2.80. The van der Waals surface area contributed by atoms with Crippen LogP contribution in [0.3, 0.4) is 0 Å². The lowest BCUT2D eigenvalue weighted by molar-refractivity contribution is 0.527.